The summed E-state index contributed by atoms with van der Waals surface area (Å²) in [5.74, 6) is -3.01. The second-order valence-corrected chi connectivity index (χ2v) is 5.04. The Kier molecular flexibility index (Phi) is 3.65. The van der Waals surface area contributed by atoms with E-state index in [9.17, 15) is 18.4 Å². The number of hydrogen-bond donors (Lipinski definition) is 1. The summed E-state index contributed by atoms with van der Waals surface area (Å²) in [6.45, 7) is 0. The molecule has 0 atom stereocenters. The van der Waals surface area contributed by atoms with E-state index in [-0.39, 0.29) is 17.0 Å². The quantitative estimate of drug-likeness (QED) is 0.886. The van der Waals surface area contributed by atoms with E-state index >= 15 is 0 Å². The molecule has 0 aliphatic carbocycles. The highest BCUT2D eigenvalue weighted by atomic mass is 19.2. The molecule has 0 bridgehead atoms. The lowest BCUT2D eigenvalue weighted by atomic mass is 10.0. The second kappa shape index (κ2) is 5.64. The van der Waals surface area contributed by atoms with Gasteiger partial charge in [-0.2, -0.15) is 0 Å². The molecule has 1 aliphatic rings. The van der Waals surface area contributed by atoms with Gasteiger partial charge in [-0.25, -0.2) is 8.78 Å². The normalized spacial score (nSPS) is 14.7. The summed E-state index contributed by atoms with van der Waals surface area (Å²) in [4.78, 5) is 25.6. The molecule has 4 nitrogen and oxygen atoms in total. The standard InChI is InChI=1S/C17H12F2N2O2/c1-21-16(22)14(10-5-3-2-4-6-10)15(17(21)23)20-11-7-8-12(18)13(19)9-11/h2-9,20H,1H3. The van der Waals surface area contributed by atoms with E-state index < -0.39 is 23.4 Å². The summed E-state index contributed by atoms with van der Waals surface area (Å²) in [6.07, 6.45) is 0. The molecule has 0 saturated heterocycles. The number of anilines is 1. The van der Waals surface area contributed by atoms with Gasteiger partial charge in [-0.1, -0.05) is 30.3 Å². The molecule has 116 valence electrons. The van der Waals surface area contributed by atoms with Gasteiger partial charge >= 0.3 is 0 Å². The first kappa shape index (κ1) is 14.9. The largest absolute Gasteiger partial charge is 0.350 e. The lowest BCUT2D eigenvalue weighted by Crippen LogP contribution is -2.27. The number of carbonyl (C=O) groups excluding carboxylic acids is 2. The zero-order valence-electron chi connectivity index (χ0n) is 12.1. The summed E-state index contributed by atoms with van der Waals surface area (Å²) in [5.41, 5.74) is 0.988. The van der Waals surface area contributed by atoms with Crippen LogP contribution in [0.3, 0.4) is 0 Å². The number of nitrogens with one attached hydrogen (secondary N) is 1. The SMILES string of the molecule is CN1C(=O)C(Nc2ccc(F)c(F)c2)=C(c2ccccc2)C1=O. The Labute approximate surface area is 131 Å². The molecule has 0 radical (unpaired) electrons. The average molecular weight is 314 g/mol. The molecule has 23 heavy (non-hydrogen) atoms. The maximum absolute atomic E-state index is 13.3. The van der Waals surface area contributed by atoms with Gasteiger partial charge < -0.3 is 5.32 Å². The van der Waals surface area contributed by atoms with Crippen molar-refractivity contribution in [3.05, 3.63) is 71.4 Å². The third-order valence-corrected chi connectivity index (χ3v) is 3.54. The molecule has 0 unspecified atom stereocenters. The summed E-state index contributed by atoms with van der Waals surface area (Å²) >= 11 is 0. The first-order chi connectivity index (χ1) is 11.0. The monoisotopic (exact) mass is 314 g/mol. The van der Waals surface area contributed by atoms with Gasteiger partial charge in [-0.05, 0) is 17.7 Å². The fourth-order valence-electron chi connectivity index (χ4n) is 2.35. The van der Waals surface area contributed by atoms with E-state index in [1.165, 1.54) is 13.1 Å². The lowest BCUT2D eigenvalue weighted by Gasteiger charge is -2.09. The molecule has 1 aliphatic heterocycles. The topological polar surface area (TPSA) is 49.4 Å². The van der Waals surface area contributed by atoms with E-state index in [2.05, 4.69) is 5.32 Å². The highest BCUT2D eigenvalue weighted by molar-refractivity contribution is 6.36. The van der Waals surface area contributed by atoms with Gasteiger partial charge in [0.1, 0.15) is 5.70 Å². The lowest BCUT2D eigenvalue weighted by molar-refractivity contribution is -0.135. The minimum Gasteiger partial charge on any atom is -0.350 e. The van der Waals surface area contributed by atoms with Crippen molar-refractivity contribution in [3.63, 3.8) is 0 Å². The van der Waals surface area contributed by atoms with Crippen LogP contribution in [-0.2, 0) is 9.59 Å². The van der Waals surface area contributed by atoms with Crippen LogP contribution in [0.5, 0.6) is 0 Å². The minimum atomic E-state index is -1.04. The zero-order valence-corrected chi connectivity index (χ0v) is 12.1. The van der Waals surface area contributed by atoms with Crippen LogP contribution in [0, 0.1) is 11.6 Å². The van der Waals surface area contributed by atoms with Crippen molar-refractivity contribution in [1.82, 2.24) is 4.90 Å². The van der Waals surface area contributed by atoms with Crippen LogP contribution >= 0.6 is 0 Å². The first-order valence-corrected chi connectivity index (χ1v) is 6.83. The predicted molar refractivity (Wildman–Crippen MR) is 81.1 cm³/mol. The van der Waals surface area contributed by atoms with Gasteiger partial charge in [0, 0.05) is 18.8 Å². The fourth-order valence-corrected chi connectivity index (χ4v) is 2.35. The maximum atomic E-state index is 13.3. The van der Waals surface area contributed by atoms with Crippen LogP contribution in [0.2, 0.25) is 0 Å². The molecular formula is C17H12F2N2O2. The van der Waals surface area contributed by atoms with Crippen molar-refractivity contribution in [1.29, 1.82) is 0 Å². The van der Waals surface area contributed by atoms with Crippen molar-refractivity contribution in [2.75, 3.05) is 12.4 Å². The highest BCUT2D eigenvalue weighted by Gasteiger charge is 2.36. The van der Waals surface area contributed by atoms with Crippen LogP contribution in [0.1, 0.15) is 5.56 Å². The molecule has 0 saturated carbocycles. The minimum absolute atomic E-state index is 0.0368. The Bertz CT molecular complexity index is 832. The molecule has 0 fully saturated rings. The number of benzene rings is 2. The number of rotatable bonds is 3. The number of hydrogen-bond acceptors (Lipinski definition) is 3. The van der Waals surface area contributed by atoms with Crippen molar-refractivity contribution in [3.8, 4) is 0 Å². The number of amides is 2. The summed E-state index contributed by atoms with van der Waals surface area (Å²) < 4.78 is 26.3. The molecule has 2 amide bonds. The Balaban J connectivity index is 2.08. The average Bonchev–Trinajstić information content (AvgIpc) is 2.76. The van der Waals surface area contributed by atoms with Crippen LogP contribution in [0.25, 0.3) is 5.57 Å². The van der Waals surface area contributed by atoms with Gasteiger partial charge in [0.25, 0.3) is 11.8 Å². The number of likely N-dealkylation sites (N-methyl/N-ethyl adjacent to an activating group) is 1. The highest BCUT2D eigenvalue weighted by Crippen LogP contribution is 2.29. The Morgan fingerprint density at radius 3 is 2.26 bits per heavy atom. The van der Waals surface area contributed by atoms with Crippen molar-refractivity contribution >= 4 is 23.1 Å². The fraction of sp³-hybridized carbons (Fsp3) is 0.0588. The van der Waals surface area contributed by atoms with E-state index in [1.807, 2.05) is 0 Å². The van der Waals surface area contributed by atoms with E-state index in [1.54, 1.807) is 30.3 Å². The Morgan fingerprint density at radius 2 is 1.61 bits per heavy atom. The Hall–Kier alpha value is -3.02. The molecule has 6 heteroatoms. The van der Waals surface area contributed by atoms with Crippen molar-refractivity contribution < 1.29 is 18.4 Å². The molecule has 1 N–H and O–H groups in total. The van der Waals surface area contributed by atoms with Gasteiger partial charge in [0.15, 0.2) is 11.6 Å². The van der Waals surface area contributed by atoms with E-state index in [0.29, 0.717) is 5.56 Å². The van der Waals surface area contributed by atoms with Crippen molar-refractivity contribution in [2.45, 2.75) is 0 Å². The predicted octanol–water partition coefficient (Wildman–Crippen LogP) is 2.79. The molecule has 1 heterocycles. The van der Waals surface area contributed by atoms with E-state index in [0.717, 1.165) is 17.0 Å². The second-order valence-electron chi connectivity index (χ2n) is 5.04. The summed E-state index contributed by atoms with van der Waals surface area (Å²) in [6, 6.07) is 11.9. The number of imide groups is 1. The Morgan fingerprint density at radius 1 is 0.913 bits per heavy atom. The van der Waals surface area contributed by atoms with Crippen LogP contribution in [0.4, 0.5) is 14.5 Å². The van der Waals surface area contributed by atoms with Gasteiger partial charge in [0.2, 0.25) is 0 Å². The van der Waals surface area contributed by atoms with Gasteiger partial charge in [-0.3, -0.25) is 14.5 Å². The third kappa shape index (κ3) is 2.59. The van der Waals surface area contributed by atoms with Crippen LogP contribution in [-0.4, -0.2) is 23.8 Å². The molecule has 2 aromatic rings. The van der Waals surface area contributed by atoms with E-state index in [4.69, 9.17) is 0 Å². The molecule has 2 aromatic carbocycles. The third-order valence-electron chi connectivity index (χ3n) is 3.54. The van der Waals surface area contributed by atoms with Gasteiger partial charge in [0.05, 0.1) is 5.57 Å². The van der Waals surface area contributed by atoms with Crippen molar-refractivity contribution in [2.24, 2.45) is 0 Å². The number of nitrogens with zero attached hydrogens (tertiary/aromatic N) is 1. The van der Waals surface area contributed by atoms with Crippen LogP contribution < -0.4 is 5.32 Å². The molecule has 0 aromatic heterocycles. The van der Waals surface area contributed by atoms with Gasteiger partial charge in [-0.15, -0.1) is 0 Å². The summed E-state index contributed by atoms with van der Waals surface area (Å²) in [5, 5.41) is 2.73. The summed E-state index contributed by atoms with van der Waals surface area (Å²) in [7, 11) is 1.37. The number of carbonyl (C=O) groups is 2. The molecular weight excluding hydrogens is 302 g/mol. The first-order valence-electron chi connectivity index (χ1n) is 6.83. The molecule has 0 spiro atoms. The zero-order chi connectivity index (χ0) is 16.6. The molecule has 3 rings (SSSR count). The maximum Gasteiger partial charge on any atom is 0.277 e. The van der Waals surface area contributed by atoms with Crippen LogP contribution in [0.15, 0.2) is 54.2 Å². The smallest absolute Gasteiger partial charge is 0.277 e. The number of halogens is 2.